The predicted octanol–water partition coefficient (Wildman–Crippen LogP) is 1.54. The Morgan fingerprint density at radius 1 is 1.44 bits per heavy atom. The minimum atomic E-state index is -0.203. The maximum absolute atomic E-state index is 12.2. The fourth-order valence-electron chi connectivity index (χ4n) is 2.35. The van der Waals surface area contributed by atoms with Gasteiger partial charge in [-0.15, -0.1) is 0 Å². The summed E-state index contributed by atoms with van der Waals surface area (Å²) in [5, 5.41) is 18.9. The summed E-state index contributed by atoms with van der Waals surface area (Å²) in [4.78, 5) is 13.8. The summed E-state index contributed by atoms with van der Waals surface area (Å²) in [6.45, 7) is 2.52. The number of benzene rings is 1. The normalized spacial score (nSPS) is 22.4. The number of phenolic OH excluding ortho intramolecular Hbond substituents is 1. The van der Waals surface area contributed by atoms with Crippen LogP contribution in [0.1, 0.15) is 28.8 Å². The van der Waals surface area contributed by atoms with Crippen LogP contribution in [0.4, 0.5) is 0 Å². The molecule has 0 spiro atoms. The summed E-state index contributed by atoms with van der Waals surface area (Å²) >= 11 is 0. The van der Waals surface area contributed by atoms with Crippen LogP contribution in [0, 0.1) is 12.8 Å². The van der Waals surface area contributed by atoms with Crippen LogP contribution in [0.25, 0.3) is 0 Å². The van der Waals surface area contributed by atoms with E-state index in [1.54, 1.807) is 30.1 Å². The van der Waals surface area contributed by atoms with Gasteiger partial charge in [-0.05, 0) is 37.8 Å². The molecule has 1 aromatic carbocycles. The Balaban J connectivity index is 2.03. The van der Waals surface area contributed by atoms with Gasteiger partial charge >= 0.3 is 0 Å². The number of phenols is 1. The third-order valence-corrected chi connectivity index (χ3v) is 3.47. The van der Waals surface area contributed by atoms with E-state index in [9.17, 15) is 15.0 Å². The smallest absolute Gasteiger partial charge is 0.257 e. The second-order valence-electron chi connectivity index (χ2n) is 5.20. The molecule has 1 amide bonds. The highest BCUT2D eigenvalue weighted by molar-refractivity contribution is 5.96. The van der Waals surface area contributed by atoms with Crippen molar-refractivity contribution in [3.05, 3.63) is 29.3 Å². The molecule has 1 saturated carbocycles. The summed E-state index contributed by atoms with van der Waals surface area (Å²) in [7, 11) is 1.73. The molecule has 4 nitrogen and oxygen atoms in total. The van der Waals surface area contributed by atoms with Crippen molar-refractivity contribution in [3.63, 3.8) is 0 Å². The number of aliphatic hydroxyl groups excluding tert-OH is 1. The molecular formula is C14H19NO3. The molecule has 1 aliphatic rings. The van der Waals surface area contributed by atoms with Gasteiger partial charge in [0.25, 0.3) is 5.91 Å². The summed E-state index contributed by atoms with van der Waals surface area (Å²) in [6, 6.07) is 5.02. The van der Waals surface area contributed by atoms with Crippen molar-refractivity contribution in [2.45, 2.75) is 25.9 Å². The number of carbonyl (C=O) groups is 1. The Hall–Kier alpha value is -1.55. The van der Waals surface area contributed by atoms with Crippen LogP contribution in [0.15, 0.2) is 18.2 Å². The van der Waals surface area contributed by atoms with Gasteiger partial charge in [-0.25, -0.2) is 0 Å². The molecule has 4 heteroatoms. The van der Waals surface area contributed by atoms with Gasteiger partial charge in [0.1, 0.15) is 5.75 Å². The van der Waals surface area contributed by atoms with Gasteiger partial charge in [0.15, 0.2) is 0 Å². The fraction of sp³-hybridized carbons (Fsp3) is 0.500. The van der Waals surface area contributed by atoms with Crippen molar-refractivity contribution in [1.82, 2.24) is 4.90 Å². The zero-order valence-corrected chi connectivity index (χ0v) is 10.8. The van der Waals surface area contributed by atoms with E-state index in [2.05, 4.69) is 0 Å². The SMILES string of the molecule is Cc1ccc(O)c(C(=O)N(C)CC2CC(O)C2)c1. The molecule has 0 aliphatic heterocycles. The van der Waals surface area contributed by atoms with Crippen LogP contribution in [0.5, 0.6) is 5.75 Å². The van der Waals surface area contributed by atoms with Crippen molar-refractivity contribution in [3.8, 4) is 5.75 Å². The predicted molar refractivity (Wildman–Crippen MR) is 68.5 cm³/mol. The molecule has 0 aromatic heterocycles. The maximum Gasteiger partial charge on any atom is 0.257 e. The van der Waals surface area contributed by atoms with Gasteiger partial charge in [0, 0.05) is 13.6 Å². The molecule has 0 bridgehead atoms. The van der Waals surface area contributed by atoms with E-state index >= 15 is 0 Å². The third kappa shape index (κ3) is 2.64. The minimum absolute atomic E-state index is 0.0195. The molecule has 0 unspecified atom stereocenters. The Morgan fingerprint density at radius 3 is 2.72 bits per heavy atom. The quantitative estimate of drug-likeness (QED) is 0.854. The van der Waals surface area contributed by atoms with E-state index in [0.29, 0.717) is 18.0 Å². The number of amides is 1. The number of carbonyl (C=O) groups excluding carboxylic acids is 1. The summed E-state index contributed by atoms with van der Waals surface area (Å²) in [6.07, 6.45) is 1.32. The molecule has 1 aromatic rings. The lowest BCUT2D eigenvalue weighted by atomic mass is 9.82. The first-order valence-electron chi connectivity index (χ1n) is 6.20. The van der Waals surface area contributed by atoms with Crippen LogP contribution in [0.2, 0.25) is 0 Å². The molecule has 2 rings (SSSR count). The first-order chi connectivity index (χ1) is 8.47. The Kier molecular flexibility index (Phi) is 3.57. The summed E-state index contributed by atoms with van der Waals surface area (Å²) in [5.41, 5.74) is 1.29. The Bertz CT molecular complexity index is 452. The van der Waals surface area contributed by atoms with Crippen LogP contribution >= 0.6 is 0 Å². The zero-order valence-electron chi connectivity index (χ0n) is 10.8. The highest BCUT2D eigenvalue weighted by Crippen LogP contribution is 2.28. The molecule has 2 N–H and O–H groups in total. The number of aliphatic hydroxyl groups is 1. The lowest BCUT2D eigenvalue weighted by Crippen LogP contribution is -2.39. The number of aryl methyl sites for hydroxylation is 1. The molecule has 0 atom stereocenters. The van der Waals surface area contributed by atoms with Crippen LogP contribution in [-0.2, 0) is 0 Å². The van der Waals surface area contributed by atoms with Crippen LogP contribution in [-0.4, -0.2) is 40.7 Å². The summed E-state index contributed by atoms with van der Waals surface area (Å²) in [5.74, 6) is 0.226. The maximum atomic E-state index is 12.2. The highest BCUT2D eigenvalue weighted by atomic mass is 16.3. The average Bonchev–Trinajstić information content (AvgIpc) is 2.29. The van der Waals surface area contributed by atoms with Crippen molar-refractivity contribution >= 4 is 5.91 Å². The van der Waals surface area contributed by atoms with E-state index in [1.165, 1.54) is 0 Å². The molecule has 0 radical (unpaired) electrons. The van der Waals surface area contributed by atoms with Crippen molar-refractivity contribution in [2.24, 2.45) is 5.92 Å². The number of aromatic hydroxyl groups is 1. The topological polar surface area (TPSA) is 60.8 Å². The number of nitrogens with zero attached hydrogens (tertiary/aromatic N) is 1. The number of hydrogen-bond acceptors (Lipinski definition) is 3. The van der Waals surface area contributed by atoms with E-state index in [1.807, 2.05) is 6.92 Å². The number of hydrogen-bond donors (Lipinski definition) is 2. The molecule has 1 fully saturated rings. The number of rotatable bonds is 3. The average molecular weight is 249 g/mol. The highest BCUT2D eigenvalue weighted by Gasteiger charge is 2.29. The van der Waals surface area contributed by atoms with Crippen molar-refractivity contribution in [2.75, 3.05) is 13.6 Å². The van der Waals surface area contributed by atoms with Crippen LogP contribution in [0.3, 0.4) is 0 Å². The van der Waals surface area contributed by atoms with Gasteiger partial charge in [0.2, 0.25) is 0 Å². The second-order valence-corrected chi connectivity index (χ2v) is 5.20. The van der Waals surface area contributed by atoms with Gasteiger partial charge in [-0.2, -0.15) is 0 Å². The fourth-order valence-corrected chi connectivity index (χ4v) is 2.35. The molecule has 0 saturated heterocycles. The van der Waals surface area contributed by atoms with Gasteiger partial charge < -0.3 is 15.1 Å². The molecule has 18 heavy (non-hydrogen) atoms. The minimum Gasteiger partial charge on any atom is -0.507 e. The summed E-state index contributed by atoms with van der Waals surface area (Å²) < 4.78 is 0. The van der Waals surface area contributed by atoms with Crippen molar-refractivity contribution in [1.29, 1.82) is 0 Å². The second kappa shape index (κ2) is 4.98. The lowest BCUT2D eigenvalue weighted by Gasteiger charge is -2.34. The first kappa shape index (κ1) is 12.9. The monoisotopic (exact) mass is 249 g/mol. The molecular weight excluding hydrogens is 230 g/mol. The van der Waals surface area contributed by atoms with Gasteiger partial charge in [-0.1, -0.05) is 11.6 Å². The van der Waals surface area contributed by atoms with Gasteiger partial charge in [-0.3, -0.25) is 4.79 Å². The molecule has 98 valence electrons. The standard InChI is InChI=1S/C14H19NO3/c1-9-3-4-13(17)12(5-9)14(18)15(2)8-10-6-11(16)7-10/h3-5,10-11,16-17H,6-8H2,1-2H3. The zero-order chi connectivity index (χ0) is 13.3. The van der Waals surface area contributed by atoms with E-state index < -0.39 is 0 Å². The molecule has 1 aliphatic carbocycles. The third-order valence-electron chi connectivity index (χ3n) is 3.47. The van der Waals surface area contributed by atoms with E-state index in [4.69, 9.17) is 0 Å². The lowest BCUT2D eigenvalue weighted by molar-refractivity contribution is 0.0264. The Labute approximate surface area is 107 Å². The Morgan fingerprint density at radius 2 is 2.11 bits per heavy atom. The van der Waals surface area contributed by atoms with E-state index in [-0.39, 0.29) is 17.8 Å². The van der Waals surface area contributed by atoms with Gasteiger partial charge in [0.05, 0.1) is 11.7 Å². The largest absolute Gasteiger partial charge is 0.507 e. The van der Waals surface area contributed by atoms with E-state index in [0.717, 1.165) is 18.4 Å². The van der Waals surface area contributed by atoms with Crippen LogP contribution < -0.4 is 0 Å². The first-order valence-corrected chi connectivity index (χ1v) is 6.20. The van der Waals surface area contributed by atoms with Crippen molar-refractivity contribution < 1.29 is 15.0 Å². The molecule has 0 heterocycles.